The van der Waals surface area contributed by atoms with Crippen molar-refractivity contribution in [2.45, 2.75) is 26.2 Å². The van der Waals surface area contributed by atoms with E-state index in [0.29, 0.717) is 0 Å². The van der Waals surface area contributed by atoms with Crippen LogP contribution in [0.4, 0.5) is 0 Å². The first-order chi connectivity index (χ1) is 5.83. The van der Waals surface area contributed by atoms with Crippen molar-refractivity contribution in [3.63, 3.8) is 0 Å². The number of hydrogen-bond acceptors (Lipinski definition) is 2. The largest absolute Gasteiger partial charge is 0.385 e. The minimum atomic E-state index is 0.722. The van der Waals surface area contributed by atoms with Crippen molar-refractivity contribution in [1.29, 1.82) is 5.41 Å². The highest BCUT2D eigenvalue weighted by Gasteiger charge is 1.98. The molecule has 0 atom stereocenters. The van der Waals surface area contributed by atoms with Crippen molar-refractivity contribution in [2.75, 3.05) is 6.54 Å². The second kappa shape index (κ2) is 4.75. The zero-order valence-electron chi connectivity index (χ0n) is 7.56. The van der Waals surface area contributed by atoms with E-state index in [0.717, 1.165) is 31.5 Å². The molecule has 0 amide bonds. The molecule has 0 bridgehead atoms. The molecule has 0 unspecified atom stereocenters. The molecule has 1 aliphatic rings. The van der Waals surface area contributed by atoms with Crippen LogP contribution in [0.3, 0.4) is 0 Å². The summed E-state index contributed by atoms with van der Waals surface area (Å²) in [4.78, 5) is 0. The maximum atomic E-state index is 7.45. The van der Waals surface area contributed by atoms with Crippen molar-refractivity contribution in [1.82, 2.24) is 5.32 Å². The van der Waals surface area contributed by atoms with Crippen molar-refractivity contribution < 1.29 is 0 Å². The van der Waals surface area contributed by atoms with Gasteiger partial charge in [-0.2, -0.15) is 0 Å². The molecule has 0 saturated carbocycles. The Kier molecular flexibility index (Phi) is 3.58. The van der Waals surface area contributed by atoms with Crippen molar-refractivity contribution in [3.8, 4) is 0 Å². The van der Waals surface area contributed by atoms with Crippen LogP contribution in [0.5, 0.6) is 0 Å². The van der Waals surface area contributed by atoms with Crippen LogP contribution in [0, 0.1) is 5.41 Å². The van der Waals surface area contributed by atoms with Crippen molar-refractivity contribution in [3.05, 3.63) is 23.9 Å². The summed E-state index contributed by atoms with van der Waals surface area (Å²) in [5, 5.41) is 10.8. The lowest BCUT2D eigenvalue weighted by atomic mass is 10.2. The predicted molar refractivity (Wildman–Crippen MR) is 52.5 cm³/mol. The third kappa shape index (κ3) is 2.91. The van der Waals surface area contributed by atoms with Gasteiger partial charge in [-0.15, -0.1) is 0 Å². The van der Waals surface area contributed by atoms with Gasteiger partial charge in [0.1, 0.15) is 0 Å². The van der Waals surface area contributed by atoms with E-state index in [1.54, 1.807) is 0 Å². The third-order valence-electron chi connectivity index (χ3n) is 1.82. The Bertz CT molecular complexity index is 214. The first-order valence-corrected chi connectivity index (χ1v) is 4.52. The zero-order valence-corrected chi connectivity index (χ0v) is 7.56. The van der Waals surface area contributed by atoms with Gasteiger partial charge >= 0.3 is 0 Å². The minimum Gasteiger partial charge on any atom is -0.385 e. The van der Waals surface area contributed by atoms with Crippen molar-refractivity contribution in [2.24, 2.45) is 0 Å². The summed E-state index contributed by atoms with van der Waals surface area (Å²) >= 11 is 0. The summed E-state index contributed by atoms with van der Waals surface area (Å²) in [5.41, 5.74) is 1.89. The van der Waals surface area contributed by atoms with Gasteiger partial charge < -0.3 is 10.7 Å². The molecule has 0 aliphatic heterocycles. The van der Waals surface area contributed by atoms with Gasteiger partial charge in [-0.1, -0.05) is 13.0 Å². The van der Waals surface area contributed by atoms with Crippen LogP contribution >= 0.6 is 0 Å². The molecular weight excluding hydrogens is 148 g/mol. The lowest BCUT2D eigenvalue weighted by Crippen LogP contribution is -2.11. The number of allylic oxidation sites excluding steroid dienone is 3. The number of hydrogen-bond donors (Lipinski definition) is 2. The second-order valence-electron chi connectivity index (χ2n) is 2.98. The lowest BCUT2D eigenvalue weighted by Gasteiger charge is -2.03. The Morgan fingerprint density at radius 1 is 1.50 bits per heavy atom. The van der Waals surface area contributed by atoms with E-state index >= 15 is 0 Å². The Morgan fingerprint density at radius 2 is 2.33 bits per heavy atom. The van der Waals surface area contributed by atoms with Crippen LogP contribution in [0.25, 0.3) is 0 Å². The molecule has 1 aliphatic carbocycles. The molecule has 0 aromatic carbocycles. The monoisotopic (exact) mass is 164 g/mol. The van der Waals surface area contributed by atoms with E-state index < -0.39 is 0 Å². The average molecular weight is 164 g/mol. The van der Waals surface area contributed by atoms with Gasteiger partial charge in [-0.05, 0) is 31.4 Å². The van der Waals surface area contributed by atoms with E-state index in [9.17, 15) is 0 Å². The molecule has 0 aromatic heterocycles. The normalized spacial score (nSPS) is 17.1. The highest BCUT2D eigenvalue weighted by molar-refractivity contribution is 5.93. The van der Waals surface area contributed by atoms with E-state index in [1.807, 2.05) is 12.2 Å². The van der Waals surface area contributed by atoms with Gasteiger partial charge in [-0.3, -0.25) is 0 Å². The lowest BCUT2D eigenvalue weighted by molar-refractivity contribution is 0.780. The third-order valence-corrected chi connectivity index (χ3v) is 1.82. The van der Waals surface area contributed by atoms with Gasteiger partial charge in [0.05, 0.1) is 0 Å². The van der Waals surface area contributed by atoms with Gasteiger partial charge in [0, 0.05) is 18.0 Å². The Hall–Kier alpha value is -1.05. The van der Waals surface area contributed by atoms with Gasteiger partial charge in [0.2, 0.25) is 0 Å². The molecule has 0 spiro atoms. The van der Waals surface area contributed by atoms with E-state index in [4.69, 9.17) is 5.41 Å². The Balaban J connectivity index is 2.46. The fourth-order valence-corrected chi connectivity index (χ4v) is 1.13. The molecule has 2 heteroatoms. The zero-order chi connectivity index (χ0) is 8.81. The van der Waals surface area contributed by atoms with Crippen LogP contribution in [0.15, 0.2) is 23.9 Å². The highest BCUT2D eigenvalue weighted by Crippen LogP contribution is 2.05. The maximum Gasteiger partial charge on any atom is 0.0317 e. The van der Waals surface area contributed by atoms with E-state index in [1.165, 1.54) is 5.70 Å². The second-order valence-corrected chi connectivity index (χ2v) is 2.98. The van der Waals surface area contributed by atoms with Gasteiger partial charge in [0.25, 0.3) is 0 Å². The van der Waals surface area contributed by atoms with Gasteiger partial charge in [-0.25, -0.2) is 0 Å². The predicted octanol–water partition coefficient (Wildman–Crippen LogP) is 2.24. The molecule has 1 rings (SSSR count). The van der Waals surface area contributed by atoms with Crippen LogP contribution in [0.2, 0.25) is 0 Å². The molecule has 0 radical (unpaired) electrons. The molecule has 2 N–H and O–H groups in total. The van der Waals surface area contributed by atoms with Crippen molar-refractivity contribution >= 4 is 5.71 Å². The number of nitrogens with one attached hydrogen (secondary N) is 2. The summed E-state index contributed by atoms with van der Waals surface area (Å²) < 4.78 is 0. The summed E-state index contributed by atoms with van der Waals surface area (Å²) in [6.07, 6.45) is 9.02. The Labute approximate surface area is 73.9 Å². The summed E-state index contributed by atoms with van der Waals surface area (Å²) in [7, 11) is 0. The molecule has 0 aromatic rings. The SMILES string of the molecule is CCCNC1=CCCC(=N)C=C1. The molecule has 0 heterocycles. The van der Waals surface area contributed by atoms with E-state index in [2.05, 4.69) is 18.3 Å². The quantitative estimate of drug-likeness (QED) is 0.659. The molecule has 2 nitrogen and oxygen atoms in total. The first kappa shape index (κ1) is 9.04. The first-order valence-electron chi connectivity index (χ1n) is 4.52. The molecule has 0 saturated heterocycles. The topological polar surface area (TPSA) is 35.9 Å². The van der Waals surface area contributed by atoms with Crippen LogP contribution in [-0.4, -0.2) is 12.3 Å². The highest BCUT2D eigenvalue weighted by atomic mass is 14.9. The van der Waals surface area contributed by atoms with Crippen LogP contribution in [0.1, 0.15) is 26.2 Å². The average Bonchev–Trinajstić information content (AvgIpc) is 2.27. The summed E-state index contributed by atoms with van der Waals surface area (Å²) in [6.45, 7) is 3.17. The van der Waals surface area contributed by atoms with Crippen LogP contribution in [-0.2, 0) is 0 Å². The standard InChI is InChI=1S/C10H16N2/c1-2-8-12-10-5-3-4-9(11)6-7-10/h5-7,11-12H,2-4,8H2,1H3. The number of rotatable bonds is 3. The van der Waals surface area contributed by atoms with E-state index in [-0.39, 0.29) is 0 Å². The fourth-order valence-electron chi connectivity index (χ4n) is 1.13. The Morgan fingerprint density at radius 3 is 3.08 bits per heavy atom. The maximum absolute atomic E-state index is 7.45. The summed E-state index contributed by atoms with van der Waals surface area (Å²) in [5.74, 6) is 0. The smallest absolute Gasteiger partial charge is 0.0317 e. The van der Waals surface area contributed by atoms with Crippen LogP contribution < -0.4 is 5.32 Å². The molecule has 66 valence electrons. The minimum absolute atomic E-state index is 0.722. The molecular formula is C10H16N2. The summed E-state index contributed by atoms with van der Waals surface area (Å²) in [6, 6.07) is 0. The molecule has 12 heavy (non-hydrogen) atoms. The van der Waals surface area contributed by atoms with Gasteiger partial charge in [0.15, 0.2) is 0 Å². The molecule has 0 fully saturated rings. The fraction of sp³-hybridized carbons (Fsp3) is 0.500.